The van der Waals surface area contributed by atoms with Gasteiger partial charge in [-0.2, -0.15) is 0 Å². The maximum Gasteiger partial charge on any atom is 0.338 e. The van der Waals surface area contributed by atoms with Crippen LogP contribution in [0.5, 0.6) is 0 Å². The maximum absolute atomic E-state index is 12.4. The van der Waals surface area contributed by atoms with E-state index in [0.717, 1.165) is 22.3 Å². The first-order valence-corrected chi connectivity index (χ1v) is 16.6. The molecular weight excluding hydrogens is 632 g/mol. The number of hydrogen-bond acceptors (Lipinski definition) is 9. The third-order valence-electron chi connectivity index (χ3n) is 7.81. The fraction of sp³-hybridized carbons (Fsp3) is 0.278. The summed E-state index contributed by atoms with van der Waals surface area (Å²) < 4.78 is 12.8. The van der Waals surface area contributed by atoms with Gasteiger partial charge in [0.05, 0.1) is 35.8 Å². The fourth-order valence-corrected chi connectivity index (χ4v) is 6.18. The summed E-state index contributed by atoms with van der Waals surface area (Å²) in [5.41, 5.74) is 10.5. The molecule has 1 aliphatic heterocycles. The molecule has 3 unspecified atom stereocenters. The number of thioether (sulfide) groups is 1. The summed E-state index contributed by atoms with van der Waals surface area (Å²) in [4.78, 5) is 40.6. The van der Waals surface area contributed by atoms with E-state index in [1.54, 1.807) is 36.5 Å². The number of carboxylic acid groups (broad SMARTS) is 1. The van der Waals surface area contributed by atoms with Crippen molar-refractivity contribution in [1.82, 2.24) is 10.3 Å². The highest BCUT2D eigenvalue weighted by Crippen LogP contribution is 2.39. The van der Waals surface area contributed by atoms with Crippen LogP contribution >= 0.6 is 11.8 Å². The van der Waals surface area contributed by atoms with Gasteiger partial charge in [0.2, 0.25) is 11.8 Å². The van der Waals surface area contributed by atoms with Crippen molar-refractivity contribution < 1.29 is 34.1 Å². The summed E-state index contributed by atoms with van der Waals surface area (Å²) in [5.74, 6) is -0.921. The number of hydrogen-bond donors (Lipinski definition) is 5. The largest absolute Gasteiger partial charge is 0.478 e. The van der Waals surface area contributed by atoms with Crippen molar-refractivity contribution in [3.63, 3.8) is 0 Å². The van der Waals surface area contributed by atoms with E-state index >= 15 is 0 Å². The number of aromatic nitrogens is 1. The van der Waals surface area contributed by atoms with Crippen molar-refractivity contribution in [3.8, 4) is 0 Å². The number of nitrogens with two attached hydrogens (primary N) is 1. The minimum absolute atomic E-state index is 0.0541. The lowest BCUT2D eigenvalue weighted by Crippen LogP contribution is -2.31. The summed E-state index contributed by atoms with van der Waals surface area (Å²) in [5, 5.41) is 25.1. The highest BCUT2D eigenvalue weighted by molar-refractivity contribution is 7.99. The van der Waals surface area contributed by atoms with Crippen LogP contribution in [0.15, 0.2) is 96.2 Å². The van der Waals surface area contributed by atoms with Crippen molar-refractivity contribution in [2.24, 2.45) is 0 Å². The smallest absolute Gasteiger partial charge is 0.338 e. The first-order chi connectivity index (χ1) is 23.3. The van der Waals surface area contributed by atoms with Crippen LogP contribution in [0, 0.1) is 0 Å². The number of benzene rings is 3. The molecule has 2 heterocycles. The van der Waals surface area contributed by atoms with Gasteiger partial charge in [0.15, 0.2) is 6.29 Å². The van der Waals surface area contributed by atoms with Gasteiger partial charge in [0.25, 0.3) is 0 Å². The Morgan fingerprint density at radius 1 is 0.875 bits per heavy atom. The number of aromatic carboxylic acids is 1. The van der Waals surface area contributed by atoms with E-state index in [1.165, 1.54) is 17.8 Å². The Hall–Kier alpha value is -4.75. The highest BCUT2D eigenvalue weighted by atomic mass is 32.2. The normalized spacial score (nSPS) is 17.4. The molecule has 0 aliphatic carbocycles. The quantitative estimate of drug-likeness (QED) is 0.0838. The first-order valence-electron chi connectivity index (χ1n) is 15.6. The number of aliphatic hydroxyl groups is 1. The number of carbonyl (C=O) groups is 3. The molecule has 1 fully saturated rings. The van der Waals surface area contributed by atoms with Crippen LogP contribution in [0.2, 0.25) is 0 Å². The van der Waals surface area contributed by atoms with E-state index < -0.39 is 12.3 Å². The summed E-state index contributed by atoms with van der Waals surface area (Å²) in [7, 11) is 0. The maximum atomic E-state index is 12.4. The molecule has 0 bridgehead atoms. The summed E-state index contributed by atoms with van der Waals surface area (Å²) in [6, 6.07) is 25.3. The number of ether oxygens (including phenoxy) is 2. The van der Waals surface area contributed by atoms with Crippen molar-refractivity contribution in [2.45, 2.75) is 62.4 Å². The Balaban J connectivity index is 1.16. The molecular formula is C36H38N4O7S. The van der Waals surface area contributed by atoms with Gasteiger partial charge in [-0.15, -0.1) is 11.8 Å². The highest BCUT2D eigenvalue weighted by Gasteiger charge is 2.32. The summed E-state index contributed by atoms with van der Waals surface area (Å²) in [6.07, 6.45) is 1.68. The number of anilines is 2. The van der Waals surface area contributed by atoms with Gasteiger partial charge >= 0.3 is 5.97 Å². The van der Waals surface area contributed by atoms with Crippen LogP contribution in [-0.2, 0) is 32.2 Å². The second-order valence-corrected chi connectivity index (χ2v) is 12.3. The number of aliphatic hydroxyl groups excluding tert-OH is 1. The van der Waals surface area contributed by atoms with Crippen molar-refractivity contribution >= 4 is 40.9 Å². The second-order valence-electron chi connectivity index (χ2n) is 11.3. The fourth-order valence-electron chi connectivity index (χ4n) is 5.18. The molecule has 0 spiro atoms. The van der Waals surface area contributed by atoms with Crippen LogP contribution < -0.4 is 16.4 Å². The van der Waals surface area contributed by atoms with E-state index in [4.69, 9.17) is 15.2 Å². The Labute approximate surface area is 282 Å². The molecule has 0 saturated carbocycles. The molecule has 1 saturated heterocycles. The number of rotatable bonds is 14. The minimum Gasteiger partial charge on any atom is -0.478 e. The van der Waals surface area contributed by atoms with Crippen molar-refractivity contribution in [1.29, 1.82) is 0 Å². The number of nitrogens with one attached hydrogen (secondary N) is 2. The van der Waals surface area contributed by atoms with Gasteiger partial charge in [0, 0.05) is 43.3 Å². The molecule has 1 aromatic heterocycles. The number of carbonyl (C=O) groups excluding carboxylic acids is 2. The van der Waals surface area contributed by atoms with E-state index in [9.17, 15) is 24.6 Å². The number of carboxylic acids is 1. The van der Waals surface area contributed by atoms with Gasteiger partial charge < -0.3 is 36.1 Å². The van der Waals surface area contributed by atoms with E-state index in [0.29, 0.717) is 41.5 Å². The number of amides is 2. The van der Waals surface area contributed by atoms with Crippen LogP contribution in [0.1, 0.15) is 70.7 Å². The zero-order valence-corrected chi connectivity index (χ0v) is 27.0. The number of nitrogens with zero attached hydrogens (tertiary/aromatic N) is 1. The van der Waals surface area contributed by atoms with Crippen molar-refractivity contribution in [3.05, 3.63) is 119 Å². The zero-order chi connectivity index (χ0) is 33.9. The van der Waals surface area contributed by atoms with Gasteiger partial charge in [-0.3, -0.25) is 9.59 Å². The standard InChI is InChI=1S/C36H38N4O7S/c37-29-6-1-2-7-30(29)40-33(43)9-3-8-32(42)39-20-23-10-16-26(17-11-23)36-46-27(22-48-34-28(35(44)45)5-4-18-38-34)19-31(47-36)25-14-12-24(21-41)13-15-25/h1-2,4-7,10-18,27,31,36,41H,3,8-9,19-22,37H2,(H,39,42)(H,40,43)(H,44,45). The predicted molar refractivity (Wildman–Crippen MR) is 182 cm³/mol. The lowest BCUT2D eigenvalue weighted by molar-refractivity contribution is -0.245. The Kier molecular flexibility index (Phi) is 12.2. The number of nitrogen functional groups attached to an aromatic ring is 1. The summed E-state index contributed by atoms with van der Waals surface area (Å²) in [6.45, 7) is 0.273. The first kappa shape index (κ1) is 34.6. The van der Waals surface area contributed by atoms with Crippen LogP contribution in [0.3, 0.4) is 0 Å². The monoisotopic (exact) mass is 670 g/mol. The lowest BCUT2D eigenvalue weighted by Gasteiger charge is -2.36. The minimum atomic E-state index is -1.04. The molecule has 48 heavy (non-hydrogen) atoms. The lowest BCUT2D eigenvalue weighted by atomic mass is 10.0. The van der Waals surface area contributed by atoms with Gasteiger partial charge in [-0.05, 0) is 47.4 Å². The predicted octanol–water partition coefficient (Wildman–Crippen LogP) is 5.62. The Morgan fingerprint density at radius 3 is 2.31 bits per heavy atom. The molecule has 5 rings (SSSR count). The molecule has 250 valence electrons. The molecule has 11 nitrogen and oxygen atoms in total. The second kappa shape index (κ2) is 16.9. The molecule has 1 aliphatic rings. The Morgan fingerprint density at radius 2 is 1.58 bits per heavy atom. The van der Waals surface area contributed by atoms with Crippen LogP contribution in [-0.4, -0.2) is 44.8 Å². The van der Waals surface area contributed by atoms with E-state index in [1.807, 2.05) is 48.5 Å². The van der Waals surface area contributed by atoms with E-state index in [-0.39, 0.29) is 49.0 Å². The zero-order valence-electron chi connectivity index (χ0n) is 26.2. The van der Waals surface area contributed by atoms with E-state index in [2.05, 4.69) is 15.6 Å². The number of pyridine rings is 1. The van der Waals surface area contributed by atoms with Gasteiger partial charge in [-0.25, -0.2) is 9.78 Å². The molecule has 0 radical (unpaired) electrons. The third kappa shape index (κ3) is 9.64. The molecule has 12 heteroatoms. The topological polar surface area (TPSA) is 173 Å². The van der Waals surface area contributed by atoms with Crippen LogP contribution in [0.4, 0.5) is 11.4 Å². The van der Waals surface area contributed by atoms with Crippen LogP contribution in [0.25, 0.3) is 0 Å². The molecule has 3 aromatic carbocycles. The average Bonchev–Trinajstić information content (AvgIpc) is 3.11. The third-order valence-corrected chi connectivity index (χ3v) is 8.94. The Bertz CT molecular complexity index is 1700. The number of para-hydroxylation sites is 2. The summed E-state index contributed by atoms with van der Waals surface area (Å²) >= 11 is 1.33. The molecule has 4 aromatic rings. The SMILES string of the molecule is Nc1ccccc1NC(=O)CCCC(=O)NCc1ccc(C2OC(CSc3ncccc3C(=O)O)CC(c3ccc(CO)cc3)O2)cc1. The van der Waals surface area contributed by atoms with Gasteiger partial charge in [0.1, 0.15) is 5.03 Å². The van der Waals surface area contributed by atoms with Crippen molar-refractivity contribution in [2.75, 3.05) is 16.8 Å². The average molecular weight is 671 g/mol. The van der Waals surface area contributed by atoms with Gasteiger partial charge in [-0.1, -0.05) is 60.7 Å². The molecule has 6 N–H and O–H groups in total. The molecule has 2 amide bonds. The molecule has 3 atom stereocenters.